The molecular formula is C8H14N2O3. The van der Waals surface area contributed by atoms with Gasteiger partial charge >= 0.3 is 5.97 Å². The minimum atomic E-state index is -0.145. The molecule has 1 aliphatic rings. The van der Waals surface area contributed by atoms with E-state index in [0.717, 1.165) is 0 Å². The van der Waals surface area contributed by atoms with E-state index < -0.39 is 0 Å². The Bertz CT molecular complexity index is 188. The van der Waals surface area contributed by atoms with Gasteiger partial charge in [-0.15, -0.1) is 4.91 Å². The molecule has 1 heterocycles. The summed E-state index contributed by atoms with van der Waals surface area (Å²) < 4.78 is 4.88. The molecule has 0 aromatic carbocycles. The first-order chi connectivity index (χ1) is 6.27. The van der Waals surface area contributed by atoms with Crippen molar-refractivity contribution in [3.63, 3.8) is 0 Å². The average Bonchev–Trinajstić information content (AvgIpc) is 2.18. The van der Waals surface area contributed by atoms with Gasteiger partial charge < -0.3 is 4.74 Å². The van der Waals surface area contributed by atoms with Gasteiger partial charge in [-0.05, 0) is 19.8 Å². The Morgan fingerprint density at radius 2 is 2.15 bits per heavy atom. The Balaban J connectivity index is 2.31. The molecule has 0 atom stereocenters. The van der Waals surface area contributed by atoms with E-state index in [4.69, 9.17) is 4.74 Å². The Labute approximate surface area is 77.0 Å². The van der Waals surface area contributed by atoms with Crippen LogP contribution in [0.3, 0.4) is 0 Å². The number of nitrogens with zero attached hydrogens (tertiary/aromatic N) is 2. The monoisotopic (exact) mass is 186 g/mol. The SMILES string of the molecule is CCOC(=O)C1CCN(N=O)CC1. The summed E-state index contributed by atoms with van der Waals surface area (Å²) in [6.07, 6.45) is 1.34. The third-order valence-electron chi connectivity index (χ3n) is 2.21. The molecule has 1 aliphatic heterocycles. The third-order valence-corrected chi connectivity index (χ3v) is 2.21. The van der Waals surface area contributed by atoms with Crippen molar-refractivity contribution in [3.8, 4) is 0 Å². The van der Waals surface area contributed by atoms with Gasteiger partial charge in [-0.1, -0.05) is 0 Å². The zero-order chi connectivity index (χ0) is 9.68. The zero-order valence-electron chi connectivity index (χ0n) is 7.73. The van der Waals surface area contributed by atoms with Gasteiger partial charge in [-0.25, -0.2) is 0 Å². The van der Waals surface area contributed by atoms with Gasteiger partial charge in [-0.3, -0.25) is 9.80 Å². The van der Waals surface area contributed by atoms with Crippen LogP contribution in [0.4, 0.5) is 0 Å². The van der Waals surface area contributed by atoms with Crippen LogP contribution in [0.1, 0.15) is 19.8 Å². The molecule has 0 unspecified atom stereocenters. The molecule has 0 radical (unpaired) electrons. The maximum atomic E-state index is 11.2. The van der Waals surface area contributed by atoms with Crippen LogP contribution in [0.2, 0.25) is 0 Å². The van der Waals surface area contributed by atoms with E-state index in [-0.39, 0.29) is 11.9 Å². The first-order valence-electron chi connectivity index (χ1n) is 4.52. The maximum Gasteiger partial charge on any atom is 0.309 e. The van der Waals surface area contributed by atoms with Crippen molar-refractivity contribution in [3.05, 3.63) is 4.91 Å². The smallest absolute Gasteiger partial charge is 0.309 e. The number of carbonyl (C=O) groups is 1. The Morgan fingerprint density at radius 3 is 2.62 bits per heavy atom. The number of carbonyl (C=O) groups excluding carboxylic acids is 1. The summed E-state index contributed by atoms with van der Waals surface area (Å²) in [5, 5.41) is 4.26. The zero-order valence-corrected chi connectivity index (χ0v) is 7.73. The lowest BCUT2D eigenvalue weighted by Gasteiger charge is -2.25. The second-order valence-corrected chi connectivity index (χ2v) is 3.06. The molecule has 5 nitrogen and oxygen atoms in total. The van der Waals surface area contributed by atoms with E-state index in [2.05, 4.69) is 5.29 Å². The standard InChI is InChI=1S/C8H14N2O3/c1-2-13-8(11)7-3-5-10(9-12)6-4-7/h7H,2-6H2,1H3. The second kappa shape index (κ2) is 4.79. The summed E-state index contributed by atoms with van der Waals surface area (Å²) in [4.78, 5) is 21.4. The van der Waals surface area contributed by atoms with E-state index in [0.29, 0.717) is 32.5 Å². The second-order valence-electron chi connectivity index (χ2n) is 3.06. The molecule has 0 aromatic rings. The highest BCUT2D eigenvalue weighted by Gasteiger charge is 2.25. The van der Waals surface area contributed by atoms with Crippen LogP contribution in [0.15, 0.2) is 5.29 Å². The molecule has 1 rings (SSSR count). The first-order valence-corrected chi connectivity index (χ1v) is 4.52. The van der Waals surface area contributed by atoms with Gasteiger partial charge in [0.15, 0.2) is 0 Å². The van der Waals surface area contributed by atoms with E-state index in [9.17, 15) is 9.70 Å². The lowest BCUT2D eigenvalue weighted by Crippen LogP contribution is -2.33. The molecule has 74 valence electrons. The molecule has 0 spiro atoms. The Kier molecular flexibility index (Phi) is 3.67. The minimum absolute atomic E-state index is 0.0436. The fourth-order valence-corrected chi connectivity index (χ4v) is 1.44. The fraction of sp³-hybridized carbons (Fsp3) is 0.875. The summed E-state index contributed by atoms with van der Waals surface area (Å²) in [7, 11) is 0. The van der Waals surface area contributed by atoms with E-state index in [1.165, 1.54) is 5.01 Å². The molecule has 13 heavy (non-hydrogen) atoms. The number of rotatable bonds is 3. The predicted octanol–water partition coefficient (Wildman–Crippen LogP) is 0.943. The number of piperidine rings is 1. The van der Waals surface area contributed by atoms with Crippen LogP contribution in [0.5, 0.6) is 0 Å². The molecule has 0 N–H and O–H groups in total. The van der Waals surface area contributed by atoms with Crippen molar-refractivity contribution in [1.82, 2.24) is 5.01 Å². The normalized spacial score (nSPS) is 18.4. The summed E-state index contributed by atoms with van der Waals surface area (Å²) >= 11 is 0. The third kappa shape index (κ3) is 2.68. The summed E-state index contributed by atoms with van der Waals surface area (Å²) in [5.74, 6) is -0.189. The highest BCUT2D eigenvalue weighted by Crippen LogP contribution is 2.18. The van der Waals surface area contributed by atoms with Gasteiger partial charge in [0, 0.05) is 13.1 Å². The molecule has 0 bridgehead atoms. The van der Waals surface area contributed by atoms with Crippen LogP contribution < -0.4 is 0 Å². The molecule has 0 amide bonds. The molecule has 1 saturated heterocycles. The Hall–Kier alpha value is -1.13. The molecule has 5 heteroatoms. The van der Waals surface area contributed by atoms with Crippen LogP contribution >= 0.6 is 0 Å². The molecule has 1 fully saturated rings. The lowest BCUT2D eigenvalue weighted by molar-refractivity contribution is -0.149. The number of nitroso groups, excluding NO2 is 1. The number of ether oxygens (including phenoxy) is 1. The van der Waals surface area contributed by atoms with Gasteiger partial charge in [0.05, 0.1) is 17.8 Å². The number of esters is 1. The fourth-order valence-electron chi connectivity index (χ4n) is 1.44. The Morgan fingerprint density at radius 1 is 1.54 bits per heavy atom. The quantitative estimate of drug-likeness (QED) is 0.486. The van der Waals surface area contributed by atoms with Crippen LogP contribution in [0.25, 0.3) is 0 Å². The van der Waals surface area contributed by atoms with Crippen molar-refractivity contribution in [2.75, 3.05) is 19.7 Å². The van der Waals surface area contributed by atoms with Crippen LogP contribution in [-0.2, 0) is 9.53 Å². The van der Waals surface area contributed by atoms with E-state index in [1.807, 2.05) is 0 Å². The molecule has 0 aliphatic carbocycles. The summed E-state index contributed by atoms with van der Waals surface area (Å²) in [6, 6.07) is 0. The summed E-state index contributed by atoms with van der Waals surface area (Å²) in [6.45, 7) is 3.34. The summed E-state index contributed by atoms with van der Waals surface area (Å²) in [5.41, 5.74) is 0. The highest BCUT2D eigenvalue weighted by molar-refractivity contribution is 5.72. The number of hydrogen-bond acceptors (Lipinski definition) is 4. The van der Waals surface area contributed by atoms with E-state index >= 15 is 0 Å². The maximum absolute atomic E-state index is 11.2. The first kappa shape index (κ1) is 9.95. The predicted molar refractivity (Wildman–Crippen MR) is 46.7 cm³/mol. The van der Waals surface area contributed by atoms with Crippen molar-refractivity contribution >= 4 is 5.97 Å². The van der Waals surface area contributed by atoms with Gasteiger partial charge in [0.25, 0.3) is 0 Å². The molecule has 0 saturated carbocycles. The van der Waals surface area contributed by atoms with Gasteiger partial charge in [-0.2, -0.15) is 0 Å². The minimum Gasteiger partial charge on any atom is -0.466 e. The van der Waals surface area contributed by atoms with Gasteiger partial charge in [0.1, 0.15) is 0 Å². The average molecular weight is 186 g/mol. The van der Waals surface area contributed by atoms with Crippen molar-refractivity contribution < 1.29 is 9.53 Å². The van der Waals surface area contributed by atoms with E-state index in [1.54, 1.807) is 6.92 Å². The van der Waals surface area contributed by atoms with Gasteiger partial charge in [0.2, 0.25) is 0 Å². The molecular weight excluding hydrogens is 172 g/mol. The van der Waals surface area contributed by atoms with Crippen molar-refractivity contribution in [1.29, 1.82) is 0 Å². The highest BCUT2D eigenvalue weighted by atomic mass is 16.5. The van der Waals surface area contributed by atoms with Crippen molar-refractivity contribution in [2.24, 2.45) is 11.2 Å². The topological polar surface area (TPSA) is 59.0 Å². The largest absolute Gasteiger partial charge is 0.466 e. The van der Waals surface area contributed by atoms with Crippen LogP contribution in [0, 0.1) is 10.8 Å². The van der Waals surface area contributed by atoms with Crippen molar-refractivity contribution in [2.45, 2.75) is 19.8 Å². The van der Waals surface area contributed by atoms with Crippen LogP contribution in [-0.4, -0.2) is 30.7 Å². The lowest BCUT2D eigenvalue weighted by atomic mass is 9.98. The number of hydrogen-bond donors (Lipinski definition) is 0. The molecule has 0 aromatic heterocycles.